The van der Waals surface area contributed by atoms with Gasteiger partial charge in [0.2, 0.25) is 0 Å². The van der Waals surface area contributed by atoms with Crippen LogP contribution in [0.15, 0.2) is 36.4 Å². The molecular weight excluding hydrogens is 371 g/mol. The van der Waals surface area contributed by atoms with Crippen LogP contribution in [0.1, 0.15) is 15.9 Å². The molecule has 130 valence electrons. The van der Waals surface area contributed by atoms with Crippen LogP contribution in [0, 0.1) is 17.0 Å². The van der Waals surface area contributed by atoms with Gasteiger partial charge in [0.05, 0.1) is 20.5 Å². The van der Waals surface area contributed by atoms with Crippen LogP contribution in [-0.4, -0.2) is 23.4 Å². The molecule has 1 N–H and O–H groups in total. The maximum atomic E-state index is 11.9. The lowest BCUT2D eigenvalue weighted by Crippen LogP contribution is -2.21. The number of benzene rings is 2. The molecule has 0 aliphatic rings. The second kappa shape index (κ2) is 7.96. The fourth-order valence-electron chi connectivity index (χ4n) is 1.92. The van der Waals surface area contributed by atoms with E-state index < -0.39 is 23.4 Å². The Bertz CT molecular complexity index is 854. The first-order chi connectivity index (χ1) is 11.8. The molecule has 0 saturated heterocycles. The van der Waals surface area contributed by atoms with Gasteiger partial charge in [-0.2, -0.15) is 0 Å². The van der Waals surface area contributed by atoms with Crippen molar-refractivity contribution < 1.29 is 19.2 Å². The van der Waals surface area contributed by atoms with Gasteiger partial charge in [0.15, 0.2) is 6.61 Å². The Morgan fingerprint density at radius 3 is 2.52 bits per heavy atom. The van der Waals surface area contributed by atoms with Gasteiger partial charge in [0, 0.05) is 17.3 Å². The maximum absolute atomic E-state index is 11.9. The molecule has 0 radical (unpaired) electrons. The van der Waals surface area contributed by atoms with Gasteiger partial charge in [-0.25, -0.2) is 4.79 Å². The highest BCUT2D eigenvalue weighted by molar-refractivity contribution is 6.42. The molecular formula is C16H12Cl2N2O5. The average molecular weight is 383 g/mol. The minimum absolute atomic E-state index is 0.0142. The number of aryl methyl sites for hydroxylation is 1. The summed E-state index contributed by atoms with van der Waals surface area (Å²) in [5.41, 5.74) is 0.592. The van der Waals surface area contributed by atoms with Crippen molar-refractivity contribution in [1.29, 1.82) is 0 Å². The number of anilines is 1. The first-order valence-corrected chi connectivity index (χ1v) is 7.70. The number of nitro groups is 1. The number of carbonyl (C=O) groups is 2. The molecule has 0 aliphatic heterocycles. The summed E-state index contributed by atoms with van der Waals surface area (Å²) in [6, 6.07) is 8.43. The van der Waals surface area contributed by atoms with E-state index in [-0.39, 0.29) is 16.3 Å². The number of esters is 1. The molecule has 0 heterocycles. The summed E-state index contributed by atoms with van der Waals surface area (Å²) in [6.07, 6.45) is 0. The predicted molar refractivity (Wildman–Crippen MR) is 93.2 cm³/mol. The number of halogens is 2. The molecule has 0 atom stereocenters. The molecule has 0 aliphatic carbocycles. The van der Waals surface area contributed by atoms with Crippen molar-refractivity contribution in [2.24, 2.45) is 0 Å². The van der Waals surface area contributed by atoms with Crippen LogP contribution in [0.5, 0.6) is 0 Å². The van der Waals surface area contributed by atoms with Gasteiger partial charge in [-0.15, -0.1) is 0 Å². The van der Waals surface area contributed by atoms with E-state index in [1.54, 1.807) is 6.92 Å². The first-order valence-electron chi connectivity index (χ1n) is 6.95. The highest BCUT2D eigenvalue weighted by Crippen LogP contribution is 2.25. The Morgan fingerprint density at radius 1 is 1.16 bits per heavy atom. The lowest BCUT2D eigenvalue weighted by molar-refractivity contribution is -0.385. The zero-order valence-corrected chi connectivity index (χ0v) is 14.4. The van der Waals surface area contributed by atoms with Gasteiger partial charge in [-0.1, -0.05) is 29.3 Å². The number of hydrogen-bond donors (Lipinski definition) is 1. The molecule has 2 aromatic rings. The molecule has 0 bridgehead atoms. The van der Waals surface area contributed by atoms with Crippen molar-refractivity contribution in [2.45, 2.75) is 6.92 Å². The Morgan fingerprint density at radius 2 is 1.88 bits per heavy atom. The lowest BCUT2D eigenvalue weighted by Gasteiger charge is -2.08. The molecule has 0 unspecified atom stereocenters. The normalized spacial score (nSPS) is 10.2. The summed E-state index contributed by atoms with van der Waals surface area (Å²) in [7, 11) is 0. The third kappa shape index (κ3) is 4.91. The molecule has 1 amide bonds. The summed E-state index contributed by atoms with van der Waals surface area (Å²) in [6.45, 7) is 0.999. The van der Waals surface area contributed by atoms with Crippen molar-refractivity contribution in [2.75, 3.05) is 11.9 Å². The zero-order chi connectivity index (χ0) is 18.6. The fourth-order valence-corrected chi connectivity index (χ4v) is 2.22. The summed E-state index contributed by atoms with van der Waals surface area (Å²) < 4.78 is 4.86. The van der Waals surface area contributed by atoms with E-state index >= 15 is 0 Å². The van der Waals surface area contributed by atoms with Crippen LogP contribution in [0.2, 0.25) is 10.0 Å². The van der Waals surface area contributed by atoms with E-state index in [0.717, 1.165) is 6.07 Å². The molecule has 0 fully saturated rings. The van der Waals surface area contributed by atoms with Crippen LogP contribution in [0.3, 0.4) is 0 Å². The van der Waals surface area contributed by atoms with Gasteiger partial charge >= 0.3 is 5.97 Å². The van der Waals surface area contributed by atoms with Gasteiger partial charge < -0.3 is 10.1 Å². The van der Waals surface area contributed by atoms with Crippen molar-refractivity contribution in [3.63, 3.8) is 0 Å². The molecule has 2 rings (SSSR count). The van der Waals surface area contributed by atoms with E-state index in [4.69, 9.17) is 27.9 Å². The molecule has 0 saturated carbocycles. The number of nitrogens with zero attached hydrogens (tertiary/aromatic N) is 1. The van der Waals surface area contributed by atoms with Gasteiger partial charge in [-0.05, 0) is 31.2 Å². The number of amides is 1. The van der Waals surface area contributed by atoms with Gasteiger partial charge in [-0.3, -0.25) is 14.9 Å². The Hall–Kier alpha value is -2.64. The SMILES string of the molecule is Cc1ccc(C(=O)OCC(=O)Nc2ccc(Cl)c(Cl)c2)cc1[N+](=O)[O-]. The number of ether oxygens (including phenoxy) is 1. The monoisotopic (exact) mass is 382 g/mol. The Labute approximate surface area is 152 Å². The van der Waals surface area contributed by atoms with Crippen LogP contribution in [-0.2, 0) is 9.53 Å². The predicted octanol–water partition coefficient (Wildman–Crippen LogP) is 4.01. The van der Waals surface area contributed by atoms with E-state index in [0.29, 0.717) is 16.3 Å². The lowest BCUT2D eigenvalue weighted by atomic mass is 10.1. The topological polar surface area (TPSA) is 98.5 Å². The van der Waals surface area contributed by atoms with Gasteiger partial charge in [0.1, 0.15) is 0 Å². The summed E-state index contributed by atoms with van der Waals surface area (Å²) in [4.78, 5) is 34.0. The van der Waals surface area contributed by atoms with Crippen molar-refractivity contribution in [1.82, 2.24) is 0 Å². The van der Waals surface area contributed by atoms with E-state index in [1.807, 2.05) is 0 Å². The number of hydrogen-bond acceptors (Lipinski definition) is 5. The van der Waals surface area contributed by atoms with Crippen LogP contribution in [0.4, 0.5) is 11.4 Å². The molecule has 0 spiro atoms. The third-order valence-corrected chi connectivity index (χ3v) is 3.92. The first kappa shape index (κ1) is 18.7. The second-order valence-electron chi connectivity index (χ2n) is 5.01. The molecule has 25 heavy (non-hydrogen) atoms. The van der Waals surface area contributed by atoms with Crippen LogP contribution in [0.25, 0.3) is 0 Å². The Kier molecular flexibility index (Phi) is 5.95. The van der Waals surface area contributed by atoms with Crippen molar-refractivity contribution in [3.8, 4) is 0 Å². The van der Waals surface area contributed by atoms with E-state index in [1.165, 1.54) is 30.3 Å². The van der Waals surface area contributed by atoms with Crippen LogP contribution < -0.4 is 5.32 Å². The third-order valence-electron chi connectivity index (χ3n) is 3.18. The summed E-state index contributed by atoms with van der Waals surface area (Å²) >= 11 is 11.6. The standard InChI is InChI=1S/C16H12Cl2N2O5/c1-9-2-3-10(6-14(9)20(23)24)16(22)25-8-15(21)19-11-4-5-12(17)13(18)7-11/h2-7H,8H2,1H3,(H,19,21). The molecule has 9 heteroatoms. The van der Waals surface area contributed by atoms with Crippen LogP contribution >= 0.6 is 23.2 Å². The molecule has 0 aromatic heterocycles. The van der Waals surface area contributed by atoms with Gasteiger partial charge in [0.25, 0.3) is 11.6 Å². The number of carbonyl (C=O) groups excluding carboxylic acids is 2. The minimum atomic E-state index is -0.840. The van der Waals surface area contributed by atoms with E-state index in [9.17, 15) is 19.7 Å². The van der Waals surface area contributed by atoms with Crippen molar-refractivity contribution >= 4 is 46.5 Å². The molecule has 2 aromatic carbocycles. The van der Waals surface area contributed by atoms with E-state index in [2.05, 4.69) is 5.32 Å². The average Bonchev–Trinajstić information content (AvgIpc) is 2.56. The minimum Gasteiger partial charge on any atom is -0.452 e. The largest absolute Gasteiger partial charge is 0.452 e. The Balaban J connectivity index is 1.97. The van der Waals surface area contributed by atoms with Crippen molar-refractivity contribution in [3.05, 3.63) is 67.7 Å². The maximum Gasteiger partial charge on any atom is 0.338 e. The summed E-state index contributed by atoms with van der Waals surface area (Å²) in [5, 5.41) is 14.0. The number of nitrogens with one attached hydrogen (secondary N) is 1. The summed E-state index contributed by atoms with van der Waals surface area (Å²) in [5.74, 6) is -1.43. The number of nitro benzene ring substituents is 1. The quantitative estimate of drug-likeness (QED) is 0.478. The second-order valence-corrected chi connectivity index (χ2v) is 5.83. The highest BCUT2D eigenvalue weighted by atomic mass is 35.5. The zero-order valence-electron chi connectivity index (χ0n) is 12.9. The number of rotatable bonds is 5. The molecule has 7 nitrogen and oxygen atoms in total. The smallest absolute Gasteiger partial charge is 0.338 e. The highest BCUT2D eigenvalue weighted by Gasteiger charge is 2.17. The fraction of sp³-hybridized carbons (Fsp3) is 0.125.